The van der Waals surface area contributed by atoms with Crippen LogP contribution in [0, 0.1) is 13.8 Å². The highest BCUT2D eigenvalue weighted by atomic mass is 19.4. The number of benzene rings is 3. The lowest BCUT2D eigenvalue weighted by Gasteiger charge is -2.36. The van der Waals surface area contributed by atoms with Crippen LogP contribution < -0.4 is 10.6 Å². The summed E-state index contributed by atoms with van der Waals surface area (Å²) in [4.78, 5) is 16.1. The maximum absolute atomic E-state index is 13.8. The Kier molecular flexibility index (Phi) is 5.95. The molecule has 0 bridgehead atoms. The molecule has 35 heavy (non-hydrogen) atoms. The van der Waals surface area contributed by atoms with E-state index in [4.69, 9.17) is 0 Å². The lowest BCUT2D eigenvalue weighted by Crippen LogP contribution is -2.40. The maximum Gasteiger partial charge on any atom is 0.416 e. The summed E-state index contributed by atoms with van der Waals surface area (Å²) in [5, 5.41) is 0. The quantitative estimate of drug-likeness (QED) is 0.343. The minimum absolute atomic E-state index is 0.0701. The number of halogens is 3. The summed E-state index contributed by atoms with van der Waals surface area (Å²) >= 11 is 0. The lowest BCUT2D eigenvalue weighted by molar-refractivity contribution is -0.138. The van der Waals surface area contributed by atoms with Crippen molar-refractivity contribution < 1.29 is 13.2 Å². The molecule has 0 spiro atoms. The first-order valence-corrected chi connectivity index (χ1v) is 11.9. The van der Waals surface area contributed by atoms with Gasteiger partial charge in [0.15, 0.2) is 0 Å². The van der Waals surface area contributed by atoms with Gasteiger partial charge in [-0.2, -0.15) is 13.2 Å². The highest BCUT2D eigenvalue weighted by Gasteiger charge is 2.33. The van der Waals surface area contributed by atoms with Gasteiger partial charge >= 0.3 is 11.9 Å². The summed E-state index contributed by atoms with van der Waals surface area (Å²) in [5.41, 5.74) is 4.13. The van der Waals surface area contributed by atoms with Crippen LogP contribution in [-0.2, 0) is 12.7 Å². The van der Waals surface area contributed by atoms with Gasteiger partial charge in [-0.1, -0.05) is 48.5 Å². The van der Waals surface area contributed by atoms with Crippen LogP contribution >= 0.6 is 0 Å². The van der Waals surface area contributed by atoms with Crippen LogP contribution in [0.15, 0.2) is 71.5 Å². The minimum Gasteiger partial charge on any atom is -0.369 e. The Morgan fingerprint density at radius 1 is 0.886 bits per heavy atom. The number of imidazole rings is 1. The van der Waals surface area contributed by atoms with Crippen LogP contribution in [0.2, 0.25) is 0 Å². The largest absolute Gasteiger partial charge is 0.416 e. The van der Waals surface area contributed by atoms with Gasteiger partial charge in [0.05, 0.1) is 29.2 Å². The minimum atomic E-state index is -4.48. The van der Waals surface area contributed by atoms with E-state index < -0.39 is 11.7 Å². The predicted molar refractivity (Wildman–Crippen MR) is 133 cm³/mol. The van der Waals surface area contributed by atoms with Crippen molar-refractivity contribution in [1.29, 1.82) is 0 Å². The van der Waals surface area contributed by atoms with Gasteiger partial charge in [0, 0.05) is 18.8 Å². The number of alkyl halides is 3. The molecular formula is C28H28F3N3O. The van der Waals surface area contributed by atoms with Crippen molar-refractivity contribution in [2.75, 3.05) is 18.0 Å². The van der Waals surface area contributed by atoms with Crippen molar-refractivity contribution in [2.45, 2.75) is 45.5 Å². The van der Waals surface area contributed by atoms with Crippen LogP contribution in [0.25, 0.3) is 11.0 Å². The normalized spacial score (nSPS) is 16.7. The zero-order valence-electron chi connectivity index (χ0n) is 19.8. The maximum atomic E-state index is 13.8. The fraction of sp³-hybridized carbons (Fsp3) is 0.321. The molecule has 1 aliphatic rings. The Morgan fingerprint density at radius 2 is 1.54 bits per heavy atom. The first-order valence-electron chi connectivity index (χ1n) is 11.9. The third-order valence-electron chi connectivity index (χ3n) is 7.04. The van der Waals surface area contributed by atoms with Crippen LogP contribution in [0.1, 0.15) is 41.1 Å². The number of para-hydroxylation sites is 3. The molecule has 3 aromatic carbocycles. The van der Waals surface area contributed by atoms with Crippen molar-refractivity contribution >= 4 is 16.7 Å². The molecular weight excluding hydrogens is 451 g/mol. The highest BCUT2D eigenvalue weighted by molar-refractivity contribution is 5.76. The van der Waals surface area contributed by atoms with Crippen molar-refractivity contribution in [2.24, 2.45) is 0 Å². The standard InChI is InChI=1S/C28H28F3N3O/c1-19-9-7-10-20(2)26(19)32-16-8-12-22(18-32)34-25-15-6-5-14-24(25)33(27(34)35)17-21-11-3-4-13-23(21)28(29,30)31/h3-7,9-11,13-15,22H,8,12,16-18H2,1-2H3. The van der Waals surface area contributed by atoms with Gasteiger partial charge in [0.2, 0.25) is 0 Å². The van der Waals surface area contributed by atoms with Gasteiger partial charge < -0.3 is 4.90 Å². The number of anilines is 1. The Bertz CT molecular complexity index is 1410. The van der Waals surface area contributed by atoms with E-state index >= 15 is 0 Å². The van der Waals surface area contributed by atoms with Gasteiger partial charge in [0.25, 0.3) is 0 Å². The summed E-state index contributed by atoms with van der Waals surface area (Å²) in [7, 11) is 0. The van der Waals surface area contributed by atoms with Crippen molar-refractivity contribution in [1.82, 2.24) is 9.13 Å². The second kappa shape index (κ2) is 8.95. The molecule has 182 valence electrons. The van der Waals surface area contributed by atoms with Crippen LogP contribution in [0.4, 0.5) is 18.9 Å². The van der Waals surface area contributed by atoms with Crippen LogP contribution in [-0.4, -0.2) is 22.2 Å². The van der Waals surface area contributed by atoms with E-state index in [9.17, 15) is 18.0 Å². The first-order chi connectivity index (χ1) is 16.8. The zero-order chi connectivity index (χ0) is 24.7. The molecule has 7 heteroatoms. The number of fused-ring (bicyclic) bond motifs is 1. The average molecular weight is 480 g/mol. The molecule has 0 saturated carbocycles. The summed E-state index contributed by atoms with van der Waals surface area (Å²) in [6.45, 7) is 5.66. The predicted octanol–water partition coefficient (Wildman–Crippen LogP) is 6.33. The Hall–Kier alpha value is -3.48. The van der Waals surface area contributed by atoms with Crippen molar-refractivity contribution in [3.05, 3.63) is 99.5 Å². The number of hydrogen-bond acceptors (Lipinski definition) is 2. The summed E-state index contributed by atoms with van der Waals surface area (Å²) < 4.78 is 44.2. The molecule has 1 saturated heterocycles. The zero-order valence-corrected chi connectivity index (χ0v) is 19.8. The summed E-state index contributed by atoms with van der Waals surface area (Å²) in [6, 6.07) is 19.1. The molecule has 0 radical (unpaired) electrons. The van der Waals surface area contributed by atoms with Crippen LogP contribution in [0.3, 0.4) is 0 Å². The molecule has 4 nitrogen and oxygen atoms in total. The second-order valence-corrected chi connectivity index (χ2v) is 9.36. The number of aromatic nitrogens is 2. The monoisotopic (exact) mass is 479 g/mol. The van der Waals surface area contributed by atoms with E-state index in [2.05, 4.69) is 30.9 Å². The molecule has 0 amide bonds. The number of piperidine rings is 1. The van der Waals surface area contributed by atoms with E-state index in [1.165, 1.54) is 33.5 Å². The number of nitrogens with zero attached hydrogens (tertiary/aromatic N) is 3. The molecule has 1 atom stereocenters. The van der Waals surface area contributed by atoms with Crippen molar-refractivity contribution in [3.63, 3.8) is 0 Å². The average Bonchev–Trinajstić information content (AvgIpc) is 3.10. The van der Waals surface area contributed by atoms with E-state index in [1.54, 1.807) is 10.6 Å². The number of rotatable bonds is 4. The molecule has 5 rings (SSSR count). The van der Waals surface area contributed by atoms with E-state index in [-0.39, 0.29) is 23.8 Å². The molecule has 2 heterocycles. The van der Waals surface area contributed by atoms with Gasteiger partial charge in [-0.05, 0) is 61.6 Å². The summed E-state index contributed by atoms with van der Waals surface area (Å²) in [5.74, 6) is 0. The Morgan fingerprint density at radius 3 is 2.26 bits per heavy atom. The number of hydrogen-bond donors (Lipinski definition) is 0. The van der Waals surface area contributed by atoms with Gasteiger partial charge in [0.1, 0.15) is 0 Å². The molecule has 0 aliphatic carbocycles. The fourth-order valence-corrected chi connectivity index (χ4v) is 5.52. The second-order valence-electron chi connectivity index (χ2n) is 9.36. The Balaban J connectivity index is 1.57. The van der Waals surface area contributed by atoms with E-state index in [0.717, 1.165) is 31.0 Å². The van der Waals surface area contributed by atoms with Gasteiger partial charge in [-0.15, -0.1) is 0 Å². The van der Waals surface area contributed by atoms with E-state index in [1.807, 2.05) is 30.3 Å². The molecule has 1 fully saturated rings. The summed E-state index contributed by atoms with van der Waals surface area (Å²) in [6.07, 6.45) is -2.70. The molecule has 4 aromatic rings. The molecule has 1 unspecified atom stereocenters. The third kappa shape index (κ3) is 4.24. The van der Waals surface area contributed by atoms with E-state index in [0.29, 0.717) is 12.1 Å². The lowest BCUT2D eigenvalue weighted by atomic mass is 10.0. The fourth-order valence-electron chi connectivity index (χ4n) is 5.52. The molecule has 1 aliphatic heterocycles. The molecule has 1 aromatic heterocycles. The third-order valence-corrected chi connectivity index (χ3v) is 7.04. The van der Waals surface area contributed by atoms with Gasteiger partial charge in [-0.3, -0.25) is 9.13 Å². The molecule has 0 N–H and O–H groups in total. The first kappa shape index (κ1) is 23.3. The topological polar surface area (TPSA) is 30.2 Å². The Labute approximate surface area is 202 Å². The van der Waals surface area contributed by atoms with Gasteiger partial charge in [-0.25, -0.2) is 4.79 Å². The van der Waals surface area contributed by atoms with Crippen molar-refractivity contribution in [3.8, 4) is 0 Å². The smallest absolute Gasteiger partial charge is 0.369 e. The highest BCUT2D eigenvalue weighted by Crippen LogP contribution is 2.34. The van der Waals surface area contributed by atoms with Crippen LogP contribution in [0.5, 0.6) is 0 Å². The number of aryl methyl sites for hydroxylation is 2. The SMILES string of the molecule is Cc1cccc(C)c1N1CCCC(n2c(=O)n(Cc3ccccc3C(F)(F)F)c3ccccc32)C1.